The lowest BCUT2D eigenvalue weighted by Gasteiger charge is -2.58. The summed E-state index contributed by atoms with van der Waals surface area (Å²) in [6, 6.07) is 36.6. The van der Waals surface area contributed by atoms with E-state index in [4.69, 9.17) is 19.4 Å². The largest absolute Gasteiger partial charge is 0.363 e. The maximum atomic E-state index is 6.89. The molecule has 6 heteroatoms. The van der Waals surface area contributed by atoms with Gasteiger partial charge >= 0.3 is 0 Å². The van der Waals surface area contributed by atoms with E-state index in [1.54, 1.807) is 0 Å². The van der Waals surface area contributed by atoms with E-state index in [1.165, 1.54) is 56.6 Å². The summed E-state index contributed by atoms with van der Waals surface area (Å²) in [6.07, 6.45) is 16.7. The van der Waals surface area contributed by atoms with Crippen molar-refractivity contribution in [2.24, 2.45) is 23.7 Å². The van der Waals surface area contributed by atoms with Crippen molar-refractivity contribution in [2.75, 3.05) is 39.4 Å². The smallest absolute Gasteiger partial charge is 0.135 e. The molecule has 4 aromatic carbocycles. The minimum atomic E-state index is -0.0686. The second kappa shape index (κ2) is 17.1. The van der Waals surface area contributed by atoms with Crippen LogP contribution in [-0.4, -0.2) is 70.4 Å². The van der Waals surface area contributed by atoms with Gasteiger partial charge in [0.2, 0.25) is 0 Å². The molecule has 62 heavy (non-hydrogen) atoms. The summed E-state index contributed by atoms with van der Waals surface area (Å²) >= 11 is 0. The Morgan fingerprint density at radius 2 is 1.05 bits per heavy atom. The van der Waals surface area contributed by atoms with Crippen LogP contribution in [0.2, 0.25) is 0 Å². The number of para-hydroxylation sites is 2. The Bertz CT molecular complexity index is 2450. The number of rotatable bonds is 16. The monoisotopic (exact) mass is 822 g/mol. The quantitative estimate of drug-likeness (QED) is 0.0720. The maximum Gasteiger partial charge on any atom is 0.135 e. The van der Waals surface area contributed by atoms with Crippen LogP contribution in [0.5, 0.6) is 0 Å². The molecule has 8 heterocycles. The first-order chi connectivity index (χ1) is 30.4. The average molecular weight is 823 g/mol. The number of hydrogen-bond acceptors (Lipinski definition) is 4. The lowest BCUT2D eigenvalue weighted by Crippen LogP contribution is -2.67. The first-order valence-corrected chi connectivity index (χ1v) is 23.1. The van der Waals surface area contributed by atoms with Gasteiger partial charge < -0.3 is 18.4 Å². The zero-order chi connectivity index (χ0) is 42.3. The van der Waals surface area contributed by atoms with E-state index in [9.17, 15) is 0 Å². The summed E-state index contributed by atoms with van der Waals surface area (Å²) in [5, 5.41) is 4.98. The minimum absolute atomic E-state index is 0.0686. The third kappa shape index (κ3) is 7.35. The highest BCUT2D eigenvalue weighted by atomic mass is 16.5. The van der Waals surface area contributed by atoms with E-state index < -0.39 is 0 Å². The highest BCUT2D eigenvalue weighted by Gasteiger charge is 2.56. The van der Waals surface area contributed by atoms with Crippen molar-refractivity contribution < 1.29 is 18.4 Å². The summed E-state index contributed by atoms with van der Waals surface area (Å²) in [5.74, 6) is 2.24. The van der Waals surface area contributed by atoms with E-state index >= 15 is 0 Å². The molecule has 6 aromatic rings. The van der Waals surface area contributed by atoms with Crippen molar-refractivity contribution in [3.05, 3.63) is 182 Å². The van der Waals surface area contributed by atoms with Gasteiger partial charge in [-0.2, -0.15) is 0 Å². The van der Waals surface area contributed by atoms with Crippen LogP contribution in [0, 0.1) is 23.7 Å². The van der Waals surface area contributed by atoms with Gasteiger partial charge in [0.1, 0.15) is 37.4 Å². The van der Waals surface area contributed by atoms with Gasteiger partial charge in [-0.3, -0.25) is 9.97 Å². The molecule has 10 atom stereocenters. The van der Waals surface area contributed by atoms with Crippen LogP contribution in [-0.2, 0) is 22.6 Å². The number of quaternary nitrogens is 2. The van der Waals surface area contributed by atoms with Crippen LogP contribution in [0.15, 0.2) is 160 Å². The van der Waals surface area contributed by atoms with Crippen LogP contribution >= 0.6 is 0 Å². The number of benzene rings is 4. The molecule has 316 valence electrons. The van der Waals surface area contributed by atoms with Gasteiger partial charge in [0.15, 0.2) is 0 Å². The zero-order valence-electron chi connectivity index (χ0n) is 36.2. The topological polar surface area (TPSA) is 44.2 Å². The summed E-state index contributed by atoms with van der Waals surface area (Å²) in [7, 11) is 0. The summed E-state index contributed by atoms with van der Waals surface area (Å²) < 4.78 is 15.8. The molecule has 0 spiro atoms. The molecule has 2 aromatic heterocycles. The molecule has 6 aliphatic rings. The van der Waals surface area contributed by atoms with Crippen molar-refractivity contribution >= 4 is 32.6 Å². The molecule has 0 unspecified atom stereocenters. The fourth-order valence-electron chi connectivity index (χ4n) is 12.9. The molecule has 4 bridgehead atoms. The molecule has 0 saturated carbocycles. The van der Waals surface area contributed by atoms with E-state index in [2.05, 4.69) is 136 Å². The standard InChI is InChI=1S/C56H62N4O2/c1-5-29-61-55(49-21-25-57-51-15-11-9-13-47(49)51)53-33-44-23-27-59(53,37-41(44)7-3)35-39-17-19-43-20-18-40(32-46(43)31-39)36-60-28-24-45(42(8-4)38-60)34-54(60)56(62-30-6-2)50-22-26-58-52-16-12-10-14-48(50)52/h5-22,25-26,31-32,41-42,44-45,53-56H,1-4,23-24,27-30,33-38H2/q+2/t41-,42-,44-,45-,53+,54+,55+,56+,59+,60+/m0/s1. The molecule has 12 rings (SSSR count). The molecule has 6 fully saturated rings. The van der Waals surface area contributed by atoms with Crippen LogP contribution in [0.25, 0.3) is 32.6 Å². The van der Waals surface area contributed by atoms with Gasteiger partial charge in [-0.15, -0.1) is 26.3 Å². The average Bonchev–Trinajstić information content (AvgIpc) is 3.32. The number of aromatic nitrogens is 2. The summed E-state index contributed by atoms with van der Waals surface area (Å²) in [4.78, 5) is 9.48. The van der Waals surface area contributed by atoms with E-state index in [-0.39, 0.29) is 12.2 Å². The van der Waals surface area contributed by atoms with Gasteiger partial charge in [0.25, 0.3) is 0 Å². The SMILES string of the molecule is C=CCO[C@H](c1ccnc2ccccc12)[C@H]1C[C@@H]2CC[N@@+]1(Cc1ccc3ccc(C[N@@+]45CC[C@@H](C[C@@H]4[C@H](OCC=C)c4ccnc6ccccc46)[C@@H](C=C)C5)cc3c1)C[C@@H]2C=C. The normalized spacial score (nSPS) is 28.8. The summed E-state index contributed by atoms with van der Waals surface area (Å²) in [6.45, 7) is 24.3. The van der Waals surface area contributed by atoms with Gasteiger partial charge in [0.05, 0.1) is 50.4 Å². The maximum absolute atomic E-state index is 6.89. The zero-order valence-corrected chi connectivity index (χ0v) is 36.2. The molecular weight excluding hydrogens is 761 g/mol. The first kappa shape index (κ1) is 40.8. The highest BCUT2D eigenvalue weighted by Crippen LogP contribution is 2.51. The molecule has 0 amide bonds. The van der Waals surface area contributed by atoms with Gasteiger partial charge in [-0.05, 0) is 70.1 Å². The predicted molar refractivity (Wildman–Crippen MR) is 253 cm³/mol. The number of pyridine rings is 2. The second-order valence-corrected chi connectivity index (χ2v) is 19.0. The molecule has 6 nitrogen and oxygen atoms in total. The van der Waals surface area contributed by atoms with E-state index in [1.807, 2.05) is 24.5 Å². The Kier molecular flexibility index (Phi) is 11.3. The number of fused-ring (bicyclic) bond motifs is 9. The highest BCUT2D eigenvalue weighted by molar-refractivity contribution is 5.84. The summed E-state index contributed by atoms with van der Waals surface area (Å²) in [5.41, 5.74) is 7.30. The minimum Gasteiger partial charge on any atom is -0.363 e. The first-order valence-electron chi connectivity index (χ1n) is 23.1. The second-order valence-electron chi connectivity index (χ2n) is 19.0. The third-order valence-corrected chi connectivity index (χ3v) is 15.8. The van der Waals surface area contributed by atoms with Crippen molar-refractivity contribution in [2.45, 2.75) is 63.1 Å². The Hall–Kier alpha value is -5.24. The fraction of sp³-hybridized carbons (Fsp3) is 0.357. The Morgan fingerprint density at radius 3 is 1.50 bits per heavy atom. The Labute approximate surface area is 368 Å². The van der Waals surface area contributed by atoms with Gasteiger partial charge in [0, 0.05) is 71.8 Å². The Morgan fingerprint density at radius 1 is 0.581 bits per heavy atom. The van der Waals surface area contributed by atoms with Gasteiger partial charge in [-0.25, -0.2) is 0 Å². The number of hydrogen-bond donors (Lipinski definition) is 0. The van der Waals surface area contributed by atoms with Crippen LogP contribution in [0.3, 0.4) is 0 Å². The third-order valence-electron chi connectivity index (χ3n) is 15.8. The Balaban J connectivity index is 0.998. The molecular formula is C56H62N4O2+2. The lowest BCUT2D eigenvalue weighted by atomic mass is 9.71. The molecule has 6 saturated heterocycles. The van der Waals surface area contributed by atoms with E-state index in [0.29, 0.717) is 49.0 Å². The number of nitrogens with zero attached hydrogens (tertiary/aromatic N) is 4. The van der Waals surface area contributed by atoms with E-state index in [0.717, 1.165) is 72.1 Å². The lowest BCUT2D eigenvalue weighted by molar-refractivity contribution is -0.985. The molecule has 0 radical (unpaired) electrons. The number of piperidine rings is 6. The van der Waals surface area contributed by atoms with Crippen molar-refractivity contribution in [3.63, 3.8) is 0 Å². The van der Waals surface area contributed by atoms with Crippen LogP contribution in [0.4, 0.5) is 0 Å². The predicted octanol–water partition coefficient (Wildman–Crippen LogP) is 11.6. The van der Waals surface area contributed by atoms with Gasteiger partial charge in [-0.1, -0.05) is 85.0 Å². The van der Waals surface area contributed by atoms with Crippen molar-refractivity contribution in [1.29, 1.82) is 0 Å². The fourth-order valence-corrected chi connectivity index (χ4v) is 12.9. The number of ether oxygens (including phenoxy) is 2. The van der Waals surface area contributed by atoms with Crippen LogP contribution < -0.4 is 0 Å². The molecule has 0 aliphatic carbocycles. The van der Waals surface area contributed by atoms with Crippen LogP contribution in [0.1, 0.15) is 60.1 Å². The van der Waals surface area contributed by atoms with Crippen molar-refractivity contribution in [3.8, 4) is 0 Å². The molecule has 0 N–H and O–H groups in total. The molecule has 6 aliphatic heterocycles. The van der Waals surface area contributed by atoms with Crippen molar-refractivity contribution in [1.82, 2.24) is 9.97 Å².